The average Bonchev–Trinajstić information content (AvgIpc) is 3.22. The average molecular weight is 309 g/mol. The van der Waals surface area contributed by atoms with Crippen LogP contribution in [0.25, 0.3) is 0 Å². The molecule has 0 unspecified atom stereocenters. The molecule has 0 spiro atoms. The first-order valence-corrected chi connectivity index (χ1v) is 8.11. The van der Waals surface area contributed by atoms with Crippen LogP contribution in [0.5, 0.6) is 11.5 Å². The van der Waals surface area contributed by atoms with Gasteiger partial charge in [-0.1, -0.05) is 18.2 Å². The Labute approximate surface area is 135 Å². The predicted octanol–water partition coefficient (Wildman–Crippen LogP) is 3.22. The van der Waals surface area contributed by atoms with Gasteiger partial charge in [-0.05, 0) is 25.1 Å². The molecular weight excluding hydrogens is 290 g/mol. The summed E-state index contributed by atoms with van der Waals surface area (Å²) >= 11 is 0. The first kappa shape index (κ1) is 14.1. The zero-order valence-electron chi connectivity index (χ0n) is 13.2. The zero-order chi connectivity index (χ0) is 15.8. The third kappa shape index (κ3) is 2.25. The van der Waals surface area contributed by atoms with Crippen LogP contribution in [0, 0.1) is 0 Å². The van der Waals surface area contributed by atoms with Gasteiger partial charge in [-0.3, -0.25) is 4.79 Å². The van der Waals surface area contributed by atoms with Gasteiger partial charge in [0, 0.05) is 36.2 Å². The molecule has 2 aliphatic rings. The Hall–Kier alpha value is -2.49. The van der Waals surface area contributed by atoms with Crippen LogP contribution in [0.1, 0.15) is 28.4 Å². The van der Waals surface area contributed by atoms with Gasteiger partial charge in [0.05, 0.1) is 18.8 Å². The van der Waals surface area contributed by atoms with Gasteiger partial charge in [-0.15, -0.1) is 0 Å². The minimum absolute atomic E-state index is 0.000741. The molecule has 4 rings (SSSR count). The quantitative estimate of drug-likeness (QED) is 0.874. The Balaban J connectivity index is 1.83. The molecule has 1 amide bonds. The maximum atomic E-state index is 13.3. The van der Waals surface area contributed by atoms with Crippen LogP contribution in [0.2, 0.25) is 0 Å². The molecule has 2 aliphatic heterocycles. The van der Waals surface area contributed by atoms with Crippen molar-refractivity contribution in [2.24, 2.45) is 0 Å². The highest BCUT2D eigenvalue weighted by Crippen LogP contribution is 2.41. The molecule has 4 nitrogen and oxygen atoms in total. The minimum Gasteiger partial charge on any atom is -0.493 e. The standard InChI is InChI=1S/C19H19NO3/c1-2-20(14-6-4-3-5-7-14)19(21)17-15-9-11-22-16(15)12-13-8-10-23-18(13)17/h3-7,12H,2,8-11H2,1H3. The van der Waals surface area contributed by atoms with Crippen LogP contribution in [-0.4, -0.2) is 25.7 Å². The van der Waals surface area contributed by atoms with Crippen LogP contribution in [0.4, 0.5) is 5.69 Å². The van der Waals surface area contributed by atoms with E-state index in [1.807, 2.05) is 43.3 Å². The monoisotopic (exact) mass is 309 g/mol. The Bertz CT molecular complexity index is 723. The number of rotatable bonds is 3. The molecule has 23 heavy (non-hydrogen) atoms. The van der Waals surface area contributed by atoms with Crippen molar-refractivity contribution in [2.75, 3.05) is 24.7 Å². The van der Waals surface area contributed by atoms with Gasteiger partial charge >= 0.3 is 0 Å². The number of hydrogen-bond donors (Lipinski definition) is 0. The van der Waals surface area contributed by atoms with Gasteiger partial charge in [0.25, 0.3) is 5.91 Å². The summed E-state index contributed by atoms with van der Waals surface area (Å²) in [6.45, 7) is 3.87. The lowest BCUT2D eigenvalue weighted by atomic mass is 9.98. The van der Waals surface area contributed by atoms with E-state index in [9.17, 15) is 4.79 Å². The van der Waals surface area contributed by atoms with E-state index in [1.165, 1.54) is 0 Å². The largest absolute Gasteiger partial charge is 0.493 e. The zero-order valence-corrected chi connectivity index (χ0v) is 13.2. The lowest BCUT2D eigenvalue weighted by Gasteiger charge is -2.23. The van der Waals surface area contributed by atoms with E-state index in [1.54, 1.807) is 4.90 Å². The summed E-state index contributed by atoms with van der Waals surface area (Å²) in [5.74, 6) is 1.61. The van der Waals surface area contributed by atoms with Gasteiger partial charge in [-0.25, -0.2) is 0 Å². The summed E-state index contributed by atoms with van der Waals surface area (Å²) in [4.78, 5) is 15.1. The number of nitrogens with zero attached hydrogens (tertiary/aromatic N) is 1. The fourth-order valence-corrected chi connectivity index (χ4v) is 3.40. The summed E-state index contributed by atoms with van der Waals surface area (Å²) in [5.41, 5.74) is 3.67. The Morgan fingerprint density at radius 1 is 1.13 bits per heavy atom. The molecule has 4 heteroatoms. The first-order valence-electron chi connectivity index (χ1n) is 8.11. The van der Waals surface area contributed by atoms with Crippen LogP contribution in [0.3, 0.4) is 0 Å². The van der Waals surface area contributed by atoms with E-state index in [2.05, 4.69) is 0 Å². The van der Waals surface area contributed by atoms with Crippen molar-refractivity contribution in [3.63, 3.8) is 0 Å². The molecule has 0 radical (unpaired) electrons. The highest BCUT2D eigenvalue weighted by atomic mass is 16.5. The fraction of sp³-hybridized carbons (Fsp3) is 0.316. The van der Waals surface area contributed by atoms with Gasteiger partial charge in [0.1, 0.15) is 11.5 Å². The number of para-hydroxylation sites is 1. The number of hydrogen-bond acceptors (Lipinski definition) is 3. The van der Waals surface area contributed by atoms with E-state index in [4.69, 9.17) is 9.47 Å². The van der Waals surface area contributed by atoms with Crippen molar-refractivity contribution in [1.29, 1.82) is 0 Å². The first-order chi connectivity index (χ1) is 11.3. The maximum absolute atomic E-state index is 13.3. The molecule has 2 aromatic rings. The van der Waals surface area contributed by atoms with E-state index in [-0.39, 0.29) is 5.91 Å². The van der Waals surface area contributed by atoms with Crippen molar-refractivity contribution < 1.29 is 14.3 Å². The number of carbonyl (C=O) groups excluding carboxylic acids is 1. The minimum atomic E-state index is -0.000741. The van der Waals surface area contributed by atoms with E-state index < -0.39 is 0 Å². The number of fused-ring (bicyclic) bond motifs is 2. The molecule has 0 aromatic heterocycles. The molecule has 0 atom stereocenters. The van der Waals surface area contributed by atoms with E-state index in [0.29, 0.717) is 25.3 Å². The molecule has 2 heterocycles. The molecule has 0 saturated carbocycles. The van der Waals surface area contributed by atoms with Gasteiger partial charge in [0.15, 0.2) is 0 Å². The summed E-state index contributed by atoms with van der Waals surface area (Å²) in [5, 5.41) is 0. The predicted molar refractivity (Wildman–Crippen MR) is 88.6 cm³/mol. The topological polar surface area (TPSA) is 38.8 Å². The number of carbonyl (C=O) groups is 1. The van der Waals surface area contributed by atoms with Crippen LogP contribution >= 0.6 is 0 Å². The van der Waals surface area contributed by atoms with Crippen LogP contribution in [-0.2, 0) is 12.8 Å². The van der Waals surface area contributed by atoms with E-state index in [0.717, 1.165) is 41.2 Å². The normalized spacial score (nSPS) is 14.7. The third-order valence-electron chi connectivity index (χ3n) is 4.49. The second-order valence-electron chi connectivity index (χ2n) is 5.80. The highest BCUT2D eigenvalue weighted by molar-refractivity contribution is 6.09. The second-order valence-corrected chi connectivity index (χ2v) is 5.80. The highest BCUT2D eigenvalue weighted by Gasteiger charge is 2.32. The van der Waals surface area contributed by atoms with Crippen molar-refractivity contribution in [3.05, 3.63) is 53.1 Å². The molecule has 0 aliphatic carbocycles. The smallest absolute Gasteiger partial charge is 0.262 e. The lowest BCUT2D eigenvalue weighted by molar-refractivity contribution is 0.0984. The molecule has 0 fully saturated rings. The Morgan fingerprint density at radius 2 is 1.91 bits per heavy atom. The van der Waals surface area contributed by atoms with Gasteiger partial charge in [0.2, 0.25) is 0 Å². The second kappa shape index (κ2) is 5.61. The summed E-state index contributed by atoms with van der Waals surface area (Å²) in [6, 6.07) is 11.8. The van der Waals surface area contributed by atoms with Crippen LogP contribution in [0.15, 0.2) is 36.4 Å². The number of benzene rings is 2. The SMILES string of the molecule is CCN(C(=O)c1c2c(cc3c1OCC3)OCC2)c1ccccc1. The molecule has 0 bridgehead atoms. The van der Waals surface area contributed by atoms with Crippen LogP contribution < -0.4 is 14.4 Å². The van der Waals surface area contributed by atoms with Gasteiger partial charge < -0.3 is 14.4 Å². The Morgan fingerprint density at radius 3 is 2.70 bits per heavy atom. The van der Waals surface area contributed by atoms with Crippen molar-refractivity contribution in [3.8, 4) is 11.5 Å². The molecule has 118 valence electrons. The van der Waals surface area contributed by atoms with E-state index >= 15 is 0 Å². The van der Waals surface area contributed by atoms with Crippen molar-refractivity contribution in [1.82, 2.24) is 0 Å². The lowest BCUT2D eigenvalue weighted by Crippen LogP contribution is -2.31. The summed E-state index contributed by atoms with van der Waals surface area (Å²) < 4.78 is 11.5. The molecule has 0 saturated heterocycles. The third-order valence-corrected chi connectivity index (χ3v) is 4.49. The molecule has 2 aromatic carbocycles. The number of ether oxygens (including phenoxy) is 2. The summed E-state index contributed by atoms with van der Waals surface area (Å²) in [7, 11) is 0. The molecular formula is C19H19NO3. The fourth-order valence-electron chi connectivity index (χ4n) is 3.40. The number of anilines is 1. The Kier molecular flexibility index (Phi) is 3.45. The van der Waals surface area contributed by atoms with Crippen molar-refractivity contribution >= 4 is 11.6 Å². The maximum Gasteiger partial charge on any atom is 0.262 e. The van der Waals surface area contributed by atoms with Gasteiger partial charge in [-0.2, -0.15) is 0 Å². The van der Waals surface area contributed by atoms with Crippen molar-refractivity contribution in [2.45, 2.75) is 19.8 Å². The summed E-state index contributed by atoms with van der Waals surface area (Å²) in [6.07, 6.45) is 1.60. The number of amides is 1. The molecule has 0 N–H and O–H groups in total.